The molecule has 0 saturated carbocycles. The first-order valence-electron chi connectivity index (χ1n) is 7.22. The molecule has 118 valence electrons. The van der Waals surface area contributed by atoms with Crippen LogP contribution >= 0.6 is 0 Å². The number of halogens is 2. The molecule has 23 heavy (non-hydrogen) atoms. The minimum atomic E-state index is -1.69. The molecule has 0 radical (unpaired) electrons. The SMILES string of the molecule is CC(F)OC(=O)c1cc2ccccc2n1Cc1cccc(F)c1. The first kappa shape index (κ1) is 15.2. The molecule has 0 fully saturated rings. The van der Waals surface area contributed by atoms with E-state index in [-0.39, 0.29) is 18.1 Å². The lowest BCUT2D eigenvalue weighted by molar-refractivity contribution is -0.00671. The van der Waals surface area contributed by atoms with Crippen LogP contribution in [0.2, 0.25) is 0 Å². The zero-order chi connectivity index (χ0) is 16.4. The van der Waals surface area contributed by atoms with Crippen LogP contribution in [0.15, 0.2) is 54.6 Å². The minimum absolute atomic E-state index is 0.236. The van der Waals surface area contributed by atoms with Crippen molar-refractivity contribution in [2.45, 2.75) is 19.8 Å². The van der Waals surface area contributed by atoms with Gasteiger partial charge in [-0.25, -0.2) is 13.6 Å². The summed E-state index contributed by atoms with van der Waals surface area (Å²) in [5, 5.41) is 0.836. The van der Waals surface area contributed by atoms with Gasteiger partial charge in [-0.05, 0) is 29.8 Å². The molecule has 1 aromatic heterocycles. The highest BCUT2D eigenvalue weighted by molar-refractivity contribution is 5.95. The standard InChI is InChI=1S/C18H15F2NO2/c1-12(19)23-18(22)17-10-14-6-2-3-8-16(14)21(17)11-13-5-4-7-15(20)9-13/h2-10,12H,11H2,1H3. The average Bonchev–Trinajstić information content (AvgIpc) is 2.86. The summed E-state index contributed by atoms with van der Waals surface area (Å²) < 4.78 is 32.8. The Labute approximate surface area is 132 Å². The first-order chi connectivity index (χ1) is 11.0. The molecule has 0 amide bonds. The van der Waals surface area contributed by atoms with Crippen molar-refractivity contribution in [1.82, 2.24) is 4.57 Å². The van der Waals surface area contributed by atoms with Crippen LogP contribution in [0.4, 0.5) is 8.78 Å². The monoisotopic (exact) mass is 315 g/mol. The van der Waals surface area contributed by atoms with Crippen LogP contribution in [0.5, 0.6) is 0 Å². The highest BCUT2D eigenvalue weighted by atomic mass is 19.1. The van der Waals surface area contributed by atoms with Gasteiger partial charge in [0, 0.05) is 24.4 Å². The van der Waals surface area contributed by atoms with Crippen LogP contribution in [0.25, 0.3) is 10.9 Å². The van der Waals surface area contributed by atoms with E-state index in [1.807, 2.05) is 24.3 Å². The summed E-state index contributed by atoms with van der Waals surface area (Å²) in [4.78, 5) is 12.1. The van der Waals surface area contributed by atoms with Crippen molar-refractivity contribution in [3.8, 4) is 0 Å². The Bertz CT molecular complexity index is 855. The maximum Gasteiger partial charge on any atom is 0.357 e. The van der Waals surface area contributed by atoms with E-state index < -0.39 is 12.3 Å². The Balaban J connectivity index is 2.07. The maximum absolute atomic E-state index is 13.4. The van der Waals surface area contributed by atoms with Gasteiger partial charge in [0.2, 0.25) is 6.36 Å². The van der Waals surface area contributed by atoms with Crippen LogP contribution < -0.4 is 0 Å². The number of hydrogen-bond acceptors (Lipinski definition) is 2. The van der Waals surface area contributed by atoms with E-state index in [0.29, 0.717) is 5.56 Å². The molecule has 0 aliphatic carbocycles. The van der Waals surface area contributed by atoms with Crippen molar-refractivity contribution in [3.63, 3.8) is 0 Å². The van der Waals surface area contributed by atoms with Gasteiger partial charge >= 0.3 is 5.97 Å². The largest absolute Gasteiger partial charge is 0.427 e. The molecule has 3 aromatic rings. The predicted octanol–water partition coefficient (Wildman–Crippen LogP) is 4.30. The third-order valence-electron chi connectivity index (χ3n) is 3.52. The summed E-state index contributed by atoms with van der Waals surface area (Å²) in [6, 6.07) is 15.2. The molecule has 0 N–H and O–H groups in total. The molecule has 1 unspecified atom stereocenters. The molecular formula is C18H15F2NO2. The van der Waals surface area contributed by atoms with E-state index in [1.165, 1.54) is 12.1 Å². The molecule has 0 aliphatic heterocycles. The Hall–Kier alpha value is -2.69. The Morgan fingerprint density at radius 2 is 1.96 bits per heavy atom. The van der Waals surface area contributed by atoms with Gasteiger partial charge in [0.1, 0.15) is 11.5 Å². The number of benzene rings is 2. The number of aromatic nitrogens is 1. The van der Waals surface area contributed by atoms with Crippen molar-refractivity contribution in [1.29, 1.82) is 0 Å². The fourth-order valence-electron chi connectivity index (χ4n) is 2.58. The van der Waals surface area contributed by atoms with Gasteiger partial charge in [0.15, 0.2) is 0 Å². The second-order valence-electron chi connectivity index (χ2n) is 5.25. The average molecular weight is 315 g/mol. The van der Waals surface area contributed by atoms with Gasteiger partial charge in [0.25, 0.3) is 0 Å². The third-order valence-corrected chi connectivity index (χ3v) is 3.52. The number of fused-ring (bicyclic) bond motifs is 1. The van der Waals surface area contributed by atoms with Crippen LogP contribution in [0, 0.1) is 5.82 Å². The van der Waals surface area contributed by atoms with Crippen molar-refractivity contribution >= 4 is 16.9 Å². The predicted molar refractivity (Wildman–Crippen MR) is 83.4 cm³/mol. The summed E-state index contributed by atoms with van der Waals surface area (Å²) in [5.41, 5.74) is 1.74. The molecule has 0 spiro atoms. The molecule has 2 aromatic carbocycles. The lowest BCUT2D eigenvalue weighted by Gasteiger charge is -2.11. The number of carbonyl (C=O) groups excluding carboxylic acids is 1. The molecule has 0 saturated heterocycles. The van der Waals surface area contributed by atoms with Gasteiger partial charge in [-0.15, -0.1) is 0 Å². The molecule has 1 atom stereocenters. The highest BCUT2D eigenvalue weighted by Crippen LogP contribution is 2.22. The molecule has 1 heterocycles. The van der Waals surface area contributed by atoms with Gasteiger partial charge in [-0.2, -0.15) is 0 Å². The summed E-state index contributed by atoms with van der Waals surface area (Å²) in [6.45, 7) is 1.44. The third kappa shape index (κ3) is 3.23. The van der Waals surface area contributed by atoms with Crippen LogP contribution in [-0.4, -0.2) is 16.9 Å². The zero-order valence-corrected chi connectivity index (χ0v) is 12.5. The van der Waals surface area contributed by atoms with E-state index in [0.717, 1.165) is 17.8 Å². The van der Waals surface area contributed by atoms with E-state index in [9.17, 15) is 13.6 Å². The van der Waals surface area contributed by atoms with Crippen molar-refractivity contribution in [3.05, 3.63) is 71.7 Å². The lowest BCUT2D eigenvalue weighted by Crippen LogP contribution is -2.16. The van der Waals surface area contributed by atoms with Gasteiger partial charge in [0.05, 0.1) is 0 Å². The Kier molecular flexibility index (Phi) is 4.10. The number of nitrogens with zero attached hydrogens (tertiary/aromatic N) is 1. The van der Waals surface area contributed by atoms with E-state index in [4.69, 9.17) is 0 Å². The summed E-state index contributed by atoms with van der Waals surface area (Å²) in [5.74, 6) is -1.09. The van der Waals surface area contributed by atoms with Crippen LogP contribution in [0.3, 0.4) is 0 Å². The molecule has 3 nitrogen and oxygen atoms in total. The van der Waals surface area contributed by atoms with Crippen molar-refractivity contribution in [2.75, 3.05) is 0 Å². The van der Waals surface area contributed by atoms with Gasteiger partial charge in [-0.3, -0.25) is 0 Å². The minimum Gasteiger partial charge on any atom is -0.427 e. The number of carbonyl (C=O) groups is 1. The topological polar surface area (TPSA) is 31.2 Å². The van der Waals surface area contributed by atoms with Crippen LogP contribution in [-0.2, 0) is 11.3 Å². The Morgan fingerprint density at radius 3 is 2.70 bits per heavy atom. The fourth-order valence-corrected chi connectivity index (χ4v) is 2.58. The number of para-hydroxylation sites is 1. The summed E-state index contributed by atoms with van der Waals surface area (Å²) in [7, 11) is 0. The van der Waals surface area contributed by atoms with Crippen molar-refractivity contribution in [2.24, 2.45) is 0 Å². The van der Waals surface area contributed by atoms with E-state index >= 15 is 0 Å². The normalized spacial score (nSPS) is 12.3. The molecule has 5 heteroatoms. The van der Waals surface area contributed by atoms with Gasteiger partial charge < -0.3 is 9.30 Å². The summed E-state index contributed by atoms with van der Waals surface area (Å²) >= 11 is 0. The van der Waals surface area contributed by atoms with E-state index in [1.54, 1.807) is 22.8 Å². The second kappa shape index (κ2) is 6.20. The maximum atomic E-state index is 13.4. The highest BCUT2D eigenvalue weighted by Gasteiger charge is 2.19. The molecular weight excluding hydrogens is 300 g/mol. The molecule has 3 rings (SSSR count). The van der Waals surface area contributed by atoms with Gasteiger partial charge in [-0.1, -0.05) is 30.3 Å². The summed E-state index contributed by atoms with van der Waals surface area (Å²) in [6.07, 6.45) is -1.69. The second-order valence-corrected chi connectivity index (χ2v) is 5.25. The number of ether oxygens (including phenoxy) is 1. The first-order valence-corrected chi connectivity index (χ1v) is 7.22. The number of hydrogen-bond donors (Lipinski definition) is 0. The number of alkyl halides is 1. The zero-order valence-electron chi connectivity index (χ0n) is 12.5. The Morgan fingerprint density at radius 1 is 1.17 bits per heavy atom. The van der Waals surface area contributed by atoms with Crippen molar-refractivity contribution < 1.29 is 18.3 Å². The molecule has 0 aliphatic rings. The number of esters is 1. The smallest absolute Gasteiger partial charge is 0.357 e. The molecule has 0 bridgehead atoms. The number of rotatable bonds is 4. The quantitative estimate of drug-likeness (QED) is 0.672. The lowest BCUT2D eigenvalue weighted by atomic mass is 10.2. The fraction of sp³-hybridized carbons (Fsp3) is 0.167. The van der Waals surface area contributed by atoms with Crippen LogP contribution in [0.1, 0.15) is 23.0 Å². The van der Waals surface area contributed by atoms with E-state index in [2.05, 4.69) is 4.74 Å².